The van der Waals surface area contributed by atoms with Crippen LogP contribution in [0, 0.1) is 0 Å². The number of fused-ring (bicyclic) bond motifs is 1. The SMILES string of the molecule is Nc1ccccc1NC(=O)CCCC(=O)NCc1ccccc1-c1ccc([C@H]2O[C@@H](Cn3cnc4ccccc43)C[C@@H](c3ccc(CO)cc3)O2)cc1. The van der Waals surface area contributed by atoms with E-state index in [9.17, 15) is 14.7 Å². The summed E-state index contributed by atoms with van der Waals surface area (Å²) in [4.78, 5) is 29.6. The van der Waals surface area contributed by atoms with E-state index in [0.29, 0.717) is 37.3 Å². The van der Waals surface area contributed by atoms with E-state index in [1.165, 1.54) is 0 Å². The van der Waals surface area contributed by atoms with Gasteiger partial charge in [-0.1, -0.05) is 97.1 Å². The summed E-state index contributed by atoms with van der Waals surface area (Å²) in [5.41, 5.74) is 14.8. The Morgan fingerprint density at radius 3 is 2.34 bits per heavy atom. The van der Waals surface area contributed by atoms with Crippen LogP contribution in [0.3, 0.4) is 0 Å². The Morgan fingerprint density at radius 1 is 0.811 bits per heavy atom. The molecule has 0 saturated carbocycles. The number of aliphatic hydroxyl groups is 1. The molecule has 2 amide bonds. The molecule has 6 aromatic rings. The monoisotopic (exact) mass is 709 g/mol. The zero-order valence-electron chi connectivity index (χ0n) is 29.4. The number of nitrogens with one attached hydrogen (secondary N) is 2. The molecule has 1 fully saturated rings. The summed E-state index contributed by atoms with van der Waals surface area (Å²) in [5, 5.41) is 15.4. The second kappa shape index (κ2) is 16.7. The molecule has 5 N–H and O–H groups in total. The number of aromatic nitrogens is 2. The molecule has 2 heterocycles. The number of aliphatic hydroxyl groups excluding tert-OH is 1. The molecule has 1 aromatic heterocycles. The third-order valence-corrected chi connectivity index (χ3v) is 9.57. The van der Waals surface area contributed by atoms with Gasteiger partial charge < -0.3 is 35.5 Å². The van der Waals surface area contributed by atoms with Crippen molar-refractivity contribution in [3.8, 4) is 11.1 Å². The molecular formula is C43H43N5O5. The fraction of sp³-hybridized carbons (Fsp3) is 0.233. The van der Waals surface area contributed by atoms with E-state index >= 15 is 0 Å². The molecule has 0 radical (unpaired) electrons. The van der Waals surface area contributed by atoms with E-state index in [2.05, 4.69) is 38.4 Å². The summed E-state index contributed by atoms with van der Waals surface area (Å²) in [6, 6.07) is 39.2. The maximum absolute atomic E-state index is 12.7. The van der Waals surface area contributed by atoms with Gasteiger partial charge in [-0.3, -0.25) is 9.59 Å². The Balaban J connectivity index is 1.00. The molecule has 1 saturated heterocycles. The molecule has 0 unspecified atom stereocenters. The topological polar surface area (TPSA) is 141 Å². The van der Waals surface area contributed by atoms with Gasteiger partial charge in [0.05, 0.1) is 54.1 Å². The molecule has 3 atom stereocenters. The number of imidazole rings is 1. The number of nitrogen functional groups attached to an aromatic ring is 1. The van der Waals surface area contributed by atoms with Crippen LogP contribution >= 0.6 is 0 Å². The van der Waals surface area contributed by atoms with Crippen LogP contribution < -0.4 is 16.4 Å². The minimum absolute atomic E-state index is 0.0120. The van der Waals surface area contributed by atoms with Gasteiger partial charge in [0.15, 0.2) is 6.29 Å². The second-order valence-corrected chi connectivity index (χ2v) is 13.3. The van der Waals surface area contributed by atoms with E-state index in [4.69, 9.17) is 15.2 Å². The lowest BCUT2D eigenvalue weighted by Crippen LogP contribution is -2.32. The molecule has 10 heteroatoms. The Kier molecular flexibility index (Phi) is 11.2. The highest BCUT2D eigenvalue weighted by atomic mass is 16.7. The van der Waals surface area contributed by atoms with Crippen LogP contribution in [-0.4, -0.2) is 32.6 Å². The largest absolute Gasteiger partial charge is 0.397 e. The number of hydrogen-bond donors (Lipinski definition) is 4. The number of benzene rings is 5. The van der Waals surface area contributed by atoms with Crippen molar-refractivity contribution >= 4 is 34.2 Å². The van der Waals surface area contributed by atoms with Crippen LogP contribution in [-0.2, 0) is 38.8 Å². The molecular weight excluding hydrogens is 667 g/mol. The number of anilines is 2. The van der Waals surface area contributed by atoms with Gasteiger partial charge in [-0.2, -0.15) is 0 Å². The average molecular weight is 710 g/mol. The van der Waals surface area contributed by atoms with Gasteiger partial charge in [-0.25, -0.2) is 4.98 Å². The first-order valence-electron chi connectivity index (χ1n) is 17.9. The maximum atomic E-state index is 12.7. The van der Waals surface area contributed by atoms with E-state index in [0.717, 1.165) is 44.4 Å². The molecule has 10 nitrogen and oxygen atoms in total. The lowest BCUT2D eigenvalue weighted by molar-refractivity contribution is -0.252. The van der Waals surface area contributed by atoms with Gasteiger partial charge >= 0.3 is 0 Å². The number of carbonyl (C=O) groups is 2. The zero-order chi connectivity index (χ0) is 36.6. The lowest BCUT2D eigenvalue weighted by atomic mass is 9.97. The number of para-hydroxylation sites is 4. The number of amides is 2. The van der Waals surface area contributed by atoms with Crippen molar-refractivity contribution < 1.29 is 24.2 Å². The fourth-order valence-corrected chi connectivity index (χ4v) is 6.70. The van der Waals surface area contributed by atoms with Crippen molar-refractivity contribution in [3.05, 3.63) is 150 Å². The lowest BCUT2D eigenvalue weighted by Gasteiger charge is -2.36. The maximum Gasteiger partial charge on any atom is 0.224 e. The van der Waals surface area contributed by atoms with Crippen molar-refractivity contribution in [2.24, 2.45) is 0 Å². The second-order valence-electron chi connectivity index (χ2n) is 13.3. The van der Waals surface area contributed by atoms with Crippen LogP contribution in [0.5, 0.6) is 0 Å². The predicted molar refractivity (Wildman–Crippen MR) is 205 cm³/mol. The standard InChI is InChI=1S/C43H43N5O5/c44-36-10-3-4-11-37(36)47-42(51)15-7-14-41(50)45-25-33-8-1-2-9-35(33)30-20-22-32(23-21-30)43-52-34(26-48-28-46-38-12-5-6-13-39(38)48)24-40(53-43)31-18-16-29(27-49)17-19-31/h1-6,8-13,16-23,28,34,40,43,49H,7,14-15,24-27,44H2,(H,45,50)(H,47,51)/t34-,40+,43+/m1/s1. The Bertz CT molecular complexity index is 2160. The third-order valence-electron chi connectivity index (χ3n) is 9.57. The number of ether oxygens (including phenoxy) is 2. The highest BCUT2D eigenvalue weighted by molar-refractivity contribution is 5.94. The van der Waals surface area contributed by atoms with Crippen molar-refractivity contribution in [2.75, 3.05) is 11.1 Å². The van der Waals surface area contributed by atoms with Gasteiger partial charge in [-0.15, -0.1) is 0 Å². The molecule has 1 aliphatic heterocycles. The van der Waals surface area contributed by atoms with Crippen molar-refractivity contribution in [1.82, 2.24) is 14.9 Å². The normalized spacial score (nSPS) is 17.0. The Morgan fingerprint density at radius 2 is 1.53 bits per heavy atom. The van der Waals surface area contributed by atoms with Crippen LogP contribution in [0.25, 0.3) is 22.2 Å². The zero-order valence-corrected chi connectivity index (χ0v) is 29.4. The summed E-state index contributed by atoms with van der Waals surface area (Å²) in [5.74, 6) is -0.296. The van der Waals surface area contributed by atoms with Gasteiger partial charge in [0.2, 0.25) is 11.8 Å². The van der Waals surface area contributed by atoms with Crippen LogP contribution in [0.2, 0.25) is 0 Å². The molecule has 53 heavy (non-hydrogen) atoms. The summed E-state index contributed by atoms with van der Waals surface area (Å²) in [6.45, 7) is 0.973. The number of nitrogens with two attached hydrogens (primary N) is 1. The summed E-state index contributed by atoms with van der Waals surface area (Å²) < 4.78 is 15.3. The molecule has 270 valence electrons. The number of hydrogen-bond acceptors (Lipinski definition) is 7. The smallest absolute Gasteiger partial charge is 0.224 e. The summed E-state index contributed by atoms with van der Waals surface area (Å²) in [6.07, 6.45) is 2.46. The van der Waals surface area contributed by atoms with Crippen LogP contribution in [0.1, 0.15) is 60.3 Å². The third kappa shape index (κ3) is 8.81. The van der Waals surface area contributed by atoms with E-state index in [1.807, 2.05) is 97.3 Å². The Labute approximate surface area is 308 Å². The quantitative estimate of drug-likeness (QED) is 0.0914. The predicted octanol–water partition coefficient (Wildman–Crippen LogP) is 7.45. The number of rotatable bonds is 13. The molecule has 0 spiro atoms. The van der Waals surface area contributed by atoms with Gasteiger partial charge in [0, 0.05) is 31.4 Å². The molecule has 0 aliphatic carbocycles. The minimum atomic E-state index is -0.596. The summed E-state index contributed by atoms with van der Waals surface area (Å²) >= 11 is 0. The molecule has 1 aliphatic rings. The van der Waals surface area contributed by atoms with Gasteiger partial charge in [-0.05, 0) is 58.5 Å². The van der Waals surface area contributed by atoms with E-state index < -0.39 is 6.29 Å². The molecule has 5 aromatic carbocycles. The van der Waals surface area contributed by atoms with E-state index in [1.54, 1.807) is 12.1 Å². The number of carbonyl (C=O) groups excluding carboxylic acids is 2. The Hall–Kier alpha value is -5.81. The average Bonchev–Trinajstić information content (AvgIpc) is 3.60. The van der Waals surface area contributed by atoms with Crippen molar-refractivity contribution in [1.29, 1.82) is 0 Å². The van der Waals surface area contributed by atoms with E-state index in [-0.39, 0.29) is 43.5 Å². The first-order valence-corrected chi connectivity index (χ1v) is 17.9. The van der Waals surface area contributed by atoms with Crippen LogP contribution in [0.4, 0.5) is 11.4 Å². The first-order chi connectivity index (χ1) is 25.9. The first kappa shape index (κ1) is 35.6. The molecule has 7 rings (SSSR count). The number of nitrogens with zero attached hydrogens (tertiary/aromatic N) is 2. The highest BCUT2D eigenvalue weighted by Crippen LogP contribution is 2.39. The van der Waals surface area contributed by atoms with Gasteiger partial charge in [0.25, 0.3) is 0 Å². The van der Waals surface area contributed by atoms with Crippen molar-refractivity contribution in [3.63, 3.8) is 0 Å². The van der Waals surface area contributed by atoms with Gasteiger partial charge in [0.1, 0.15) is 0 Å². The van der Waals surface area contributed by atoms with Crippen molar-refractivity contribution in [2.45, 2.75) is 63.9 Å². The highest BCUT2D eigenvalue weighted by Gasteiger charge is 2.32. The fourth-order valence-electron chi connectivity index (χ4n) is 6.70. The minimum Gasteiger partial charge on any atom is -0.397 e. The summed E-state index contributed by atoms with van der Waals surface area (Å²) in [7, 11) is 0. The van der Waals surface area contributed by atoms with Crippen LogP contribution in [0.15, 0.2) is 128 Å². The molecule has 0 bridgehead atoms.